The van der Waals surface area contributed by atoms with E-state index in [2.05, 4.69) is 87.0 Å². The number of nitrogens with zero attached hydrogens (tertiary/aromatic N) is 8. The number of piperidine rings is 2. The Balaban J connectivity index is 0.000000128. The number of ether oxygens (including phenoxy) is 2. The minimum Gasteiger partial charge on any atom is -0.444 e. The Morgan fingerprint density at radius 3 is 1.50 bits per heavy atom. The van der Waals surface area contributed by atoms with Crippen molar-refractivity contribution < 1.29 is 68.5 Å². The minimum atomic E-state index is -5.50. The summed E-state index contributed by atoms with van der Waals surface area (Å²) in [6, 6.07) is 12.1. The molecule has 13 aliphatic rings. The molecule has 10 fully saturated rings. The van der Waals surface area contributed by atoms with E-state index in [9.17, 15) is 45.6 Å². The van der Waals surface area contributed by atoms with Crippen LogP contribution in [0.5, 0.6) is 0 Å². The molecule has 4 aromatic heterocycles. The van der Waals surface area contributed by atoms with Crippen molar-refractivity contribution in [2.75, 3.05) is 36.8 Å². The number of amides is 4. The number of Topliss-reactive ketones (excluding diaryl/α,β-unsaturated/α-hetero) is 1. The molecule has 4 aromatic rings. The number of nitrogens with one attached hydrogen (secondary N) is 2. The van der Waals surface area contributed by atoms with Crippen LogP contribution in [0.1, 0.15) is 311 Å². The summed E-state index contributed by atoms with van der Waals surface area (Å²) < 4.78 is 89.7. The predicted octanol–water partition coefficient (Wildman–Crippen LogP) is 19.1. The van der Waals surface area contributed by atoms with E-state index in [1.807, 2.05) is 84.6 Å². The van der Waals surface area contributed by atoms with Gasteiger partial charge in [0.05, 0.1) is 16.9 Å². The quantitative estimate of drug-likeness (QED) is 0.0897. The van der Waals surface area contributed by atoms with E-state index < -0.39 is 26.8 Å². The van der Waals surface area contributed by atoms with Crippen molar-refractivity contribution in [2.45, 2.75) is 328 Å². The van der Waals surface area contributed by atoms with Gasteiger partial charge in [0, 0.05) is 68.9 Å². The predicted molar refractivity (Wildman–Crippen MR) is 424 cm³/mol. The van der Waals surface area contributed by atoms with Crippen LogP contribution in [-0.2, 0) is 47.5 Å². The Bertz CT molecular complexity index is 4240. The summed E-state index contributed by atoms with van der Waals surface area (Å²) in [5, 5.41) is 14.9. The van der Waals surface area contributed by atoms with E-state index in [4.69, 9.17) is 18.8 Å². The van der Waals surface area contributed by atoms with Gasteiger partial charge in [0.2, 0.25) is 23.7 Å². The van der Waals surface area contributed by atoms with E-state index in [1.165, 1.54) is 101 Å². The lowest BCUT2D eigenvalue weighted by Gasteiger charge is -2.40. The number of aromatic nitrogens is 6. The van der Waals surface area contributed by atoms with Crippen LogP contribution >= 0.6 is 0 Å². The molecule has 614 valence electrons. The first-order chi connectivity index (χ1) is 52.8. The van der Waals surface area contributed by atoms with Crippen LogP contribution in [-0.4, -0.2) is 138 Å². The Morgan fingerprint density at radius 2 is 1.00 bits per heavy atom. The fraction of sp³-hybridized carbons (Fsp3) is 0.729. The monoisotopic (exact) mass is 1570 g/mol. The van der Waals surface area contributed by atoms with Crippen molar-refractivity contribution in [3.8, 4) is 0 Å². The number of alkyl halides is 3. The maximum Gasteiger partial charge on any atom is 0.534 e. The van der Waals surface area contributed by atoms with Crippen LogP contribution in [0.3, 0.4) is 0 Å². The Labute approximate surface area is 660 Å². The molecular weight excluding hydrogens is 1450 g/mol. The average molecular weight is 1580 g/mol. The minimum absolute atomic E-state index is 0.0123. The molecule has 22 nitrogen and oxygen atoms in total. The number of anilines is 2. The van der Waals surface area contributed by atoms with Gasteiger partial charge in [-0.1, -0.05) is 82.1 Å². The number of allylic oxidation sites excluding steroid dienone is 6. The van der Waals surface area contributed by atoms with Gasteiger partial charge in [0.15, 0.2) is 11.3 Å². The molecule has 0 radical (unpaired) electrons. The van der Waals surface area contributed by atoms with Crippen LogP contribution in [0, 0.1) is 38.9 Å². The highest BCUT2D eigenvalue weighted by Crippen LogP contribution is 2.56. The third kappa shape index (κ3) is 20.1. The zero-order chi connectivity index (χ0) is 79.9. The van der Waals surface area contributed by atoms with Crippen molar-refractivity contribution in [1.29, 1.82) is 0 Å². The van der Waals surface area contributed by atoms with E-state index in [1.54, 1.807) is 0 Å². The molecule has 1 atom stereocenters. The Hall–Kier alpha value is -6.87. The van der Waals surface area contributed by atoms with Gasteiger partial charge < -0.3 is 32.8 Å². The molecule has 2 N–H and O–H groups in total. The molecule has 7 heterocycles. The lowest BCUT2D eigenvalue weighted by molar-refractivity contribution is -0.118. The molecule has 0 bridgehead atoms. The van der Waals surface area contributed by atoms with Gasteiger partial charge in [-0.3, -0.25) is 25.0 Å². The van der Waals surface area contributed by atoms with Crippen LogP contribution < -0.4 is 10.6 Å². The first-order valence-electron chi connectivity index (χ1n) is 42.1. The maximum atomic E-state index is 12.4. The third-order valence-corrected chi connectivity index (χ3v) is 27.9. The number of carbonyl (C=O) groups excluding carboxylic acids is 5. The smallest absolute Gasteiger partial charge is 0.444 e. The van der Waals surface area contributed by atoms with Crippen LogP contribution in [0.4, 0.5) is 34.7 Å². The number of rotatable bonds is 9. The first kappa shape index (κ1) is 83.1. The third-order valence-electron chi connectivity index (χ3n) is 26.9. The average Bonchev–Trinajstić information content (AvgIpc) is 1.61. The van der Waals surface area contributed by atoms with Gasteiger partial charge in [-0.15, -0.1) is 10.2 Å². The number of halogens is 3. The van der Waals surface area contributed by atoms with Gasteiger partial charge in [-0.2, -0.15) is 31.6 Å². The lowest BCUT2D eigenvalue weighted by Crippen LogP contribution is -2.44. The summed E-state index contributed by atoms with van der Waals surface area (Å²) >= 11 is 0. The molecule has 3 saturated heterocycles. The first-order valence-corrected chi connectivity index (χ1v) is 43.5. The Morgan fingerprint density at radius 1 is 0.536 bits per heavy atom. The van der Waals surface area contributed by atoms with Crippen molar-refractivity contribution in [1.82, 2.24) is 39.0 Å². The number of carbonyl (C=O) groups is 5. The van der Waals surface area contributed by atoms with E-state index in [-0.39, 0.29) is 76.2 Å². The summed E-state index contributed by atoms with van der Waals surface area (Å²) in [6.45, 7) is 22.9. The van der Waals surface area contributed by atoms with Gasteiger partial charge >= 0.3 is 34.9 Å². The van der Waals surface area contributed by atoms with Gasteiger partial charge in [0.25, 0.3) is 0 Å². The fourth-order valence-electron chi connectivity index (χ4n) is 19.3. The van der Waals surface area contributed by atoms with E-state index in [0.717, 1.165) is 177 Å². The number of hydrogen-bond donors (Lipinski definition) is 2. The molecule has 0 aromatic carbocycles. The molecule has 5 spiro atoms. The second kappa shape index (κ2) is 32.7. The molecule has 4 amide bonds. The van der Waals surface area contributed by atoms with Crippen LogP contribution in [0.2, 0.25) is 0 Å². The molecule has 10 aliphatic carbocycles. The van der Waals surface area contributed by atoms with Crippen LogP contribution in [0.15, 0.2) is 65.9 Å². The number of likely N-dealkylation sites (tertiary alicyclic amines) is 2. The second-order valence-corrected chi connectivity index (χ2v) is 40.0. The molecule has 17 rings (SSSR count). The summed E-state index contributed by atoms with van der Waals surface area (Å²) in [4.78, 5) is 72.9. The Kier molecular flexibility index (Phi) is 24.2. The standard InChI is InChI=1S/C24H33N5O3.C24H31N5O3.C16H27BO2.C11H15F3O3S.C10H16O/c2*1-23(2,3)32-22(31)28-13-11-24(12-14-28)10-9-17(15-24)18-5-4-6-19-25-21(27-29(18)19)26-20(30)16-7-8-16;1-14(2)15(3,4)19-17(18-14)13-8-11-16(12-13)9-6-5-7-10-16;12-11(13,14)18(15,16)17-9-4-7-10(8-9)5-2-1-3-6-10;11-9-4-7-10(8-9)5-2-1-3-6-10/h4-6,16-17H,7-15H2,1-3H3,(H,26,27,30);4-6,9,16H,7-8,10-15H2,1-3H3,(H,26,27,30);8H,5-7,9-12H2,1-4H3;4H,1-3,5-8H2;1-8H2. The molecule has 3 aliphatic heterocycles. The number of pyridine rings is 2. The zero-order valence-corrected chi connectivity index (χ0v) is 68.9. The normalized spacial score (nSPS) is 24.6. The summed E-state index contributed by atoms with van der Waals surface area (Å²) in [7, 11) is -5.61. The number of fused-ring (bicyclic) bond motifs is 2. The van der Waals surface area contributed by atoms with Crippen molar-refractivity contribution >= 4 is 75.8 Å². The SMILES string of the molecule is CC(C)(C)OC(=O)N1CCC2(CC=C(c3cccc4nc(NC(=O)C5CC5)nn34)C2)CC1.CC(C)(C)OC(=O)N1CCC2(CCC(c3cccc4nc(NC(=O)C5CC5)nn34)C2)CC1.CC1(C)OB(C2=CCC3(CCCCC3)C2)OC1(C)C.O=C1CCC2(CCCCC2)C1.O=S(=O)(OC1=CCC2(CCCCC2)C1)C(F)(F)F. The number of hydrogen-bond acceptors (Lipinski definition) is 16. The van der Waals surface area contributed by atoms with Crippen molar-refractivity contribution in [3.63, 3.8) is 0 Å². The summed E-state index contributed by atoms with van der Waals surface area (Å²) in [6.07, 6.45) is 44.2. The lowest BCUT2D eigenvalue weighted by atomic mass is 9.68. The highest BCUT2D eigenvalue weighted by atomic mass is 32.2. The summed E-state index contributed by atoms with van der Waals surface area (Å²) in [5.74, 6) is 1.92. The topological polar surface area (TPSA) is 257 Å². The molecule has 112 heavy (non-hydrogen) atoms. The van der Waals surface area contributed by atoms with Crippen LogP contribution in [0.25, 0.3) is 16.9 Å². The molecule has 7 saturated carbocycles. The molecular formula is C85H122BF3N10O12S. The van der Waals surface area contributed by atoms with Gasteiger partial charge in [-0.05, 0) is 285 Å². The van der Waals surface area contributed by atoms with E-state index >= 15 is 0 Å². The molecule has 1 unspecified atom stereocenters. The van der Waals surface area contributed by atoms with E-state index in [0.29, 0.717) is 47.3 Å². The highest BCUT2D eigenvalue weighted by molar-refractivity contribution is 7.87. The zero-order valence-electron chi connectivity index (χ0n) is 68.1. The van der Waals surface area contributed by atoms with Crippen molar-refractivity contribution in [3.05, 3.63) is 77.2 Å². The fourth-order valence-corrected chi connectivity index (χ4v) is 19.8. The van der Waals surface area contributed by atoms with Crippen molar-refractivity contribution in [2.24, 2.45) is 38.9 Å². The largest absolute Gasteiger partial charge is 0.534 e. The van der Waals surface area contributed by atoms with Gasteiger partial charge in [-0.25, -0.2) is 18.6 Å². The number of ketones is 1. The maximum absolute atomic E-state index is 12.4. The molecule has 27 heteroatoms. The summed E-state index contributed by atoms with van der Waals surface area (Å²) in [5.41, 5.74) is 1.09. The van der Waals surface area contributed by atoms with Gasteiger partial charge in [0.1, 0.15) is 22.7 Å². The highest BCUT2D eigenvalue weighted by Gasteiger charge is 2.55. The second-order valence-electron chi connectivity index (χ2n) is 38.5.